The standard InChI is InChI=1S/C24H26N6O2/c25-16-17-5-6-27-23(13-17)29-18-1-3-20(4-2-18)32-22-15-19(30-9-11-31-12-10-30)14-21-24(22)28-8-7-26-21/h5-8,13-15,18,20H,1-4,9-12H2,(H,27,29). The lowest BCUT2D eigenvalue weighted by molar-refractivity contribution is 0.122. The summed E-state index contributed by atoms with van der Waals surface area (Å²) in [6, 6.07) is 10.2. The van der Waals surface area contributed by atoms with Crippen molar-refractivity contribution in [3.63, 3.8) is 0 Å². The fraction of sp³-hybridized carbons (Fsp3) is 0.417. The molecule has 32 heavy (non-hydrogen) atoms. The Kier molecular flexibility index (Phi) is 5.99. The third-order valence-corrected chi connectivity index (χ3v) is 6.11. The Morgan fingerprint density at radius 1 is 1.00 bits per heavy atom. The number of nitriles is 1. The van der Waals surface area contributed by atoms with Crippen molar-refractivity contribution in [2.75, 3.05) is 36.5 Å². The van der Waals surface area contributed by atoms with Crippen molar-refractivity contribution in [2.45, 2.75) is 37.8 Å². The summed E-state index contributed by atoms with van der Waals surface area (Å²) < 4.78 is 12.0. The van der Waals surface area contributed by atoms with Gasteiger partial charge < -0.3 is 19.7 Å². The largest absolute Gasteiger partial charge is 0.488 e. The summed E-state index contributed by atoms with van der Waals surface area (Å²) in [4.78, 5) is 15.7. The van der Waals surface area contributed by atoms with Crippen LogP contribution in [0, 0.1) is 11.3 Å². The van der Waals surface area contributed by atoms with E-state index in [0.29, 0.717) is 11.6 Å². The van der Waals surface area contributed by atoms with Crippen LogP contribution < -0.4 is 15.0 Å². The second kappa shape index (κ2) is 9.37. The van der Waals surface area contributed by atoms with Crippen LogP contribution in [0.1, 0.15) is 31.2 Å². The van der Waals surface area contributed by atoms with Gasteiger partial charge in [-0.15, -0.1) is 0 Å². The SMILES string of the molecule is N#Cc1ccnc(NC2CCC(Oc3cc(N4CCOCC4)cc4nccnc34)CC2)c1. The van der Waals surface area contributed by atoms with E-state index in [4.69, 9.17) is 14.7 Å². The van der Waals surface area contributed by atoms with Gasteiger partial charge in [-0.3, -0.25) is 4.98 Å². The normalized spacial score (nSPS) is 21.2. The first-order valence-electron chi connectivity index (χ1n) is 11.2. The first-order chi connectivity index (χ1) is 15.8. The molecule has 0 radical (unpaired) electrons. The molecular formula is C24H26N6O2. The van der Waals surface area contributed by atoms with Gasteiger partial charge in [0.15, 0.2) is 0 Å². The number of ether oxygens (including phenoxy) is 2. The number of hydrogen-bond acceptors (Lipinski definition) is 8. The molecule has 0 amide bonds. The van der Waals surface area contributed by atoms with Gasteiger partial charge in [0, 0.05) is 49.5 Å². The molecule has 0 spiro atoms. The van der Waals surface area contributed by atoms with Gasteiger partial charge in [-0.2, -0.15) is 5.26 Å². The zero-order valence-corrected chi connectivity index (χ0v) is 17.9. The van der Waals surface area contributed by atoms with Crippen molar-refractivity contribution in [3.8, 4) is 11.8 Å². The Bertz CT molecular complexity index is 1120. The van der Waals surface area contributed by atoms with Crippen molar-refractivity contribution in [1.82, 2.24) is 15.0 Å². The molecule has 0 atom stereocenters. The van der Waals surface area contributed by atoms with Gasteiger partial charge in [-0.05, 0) is 43.9 Å². The van der Waals surface area contributed by atoms with E-state index in [0.717, 1.165) is 80.3 Å². The minimum absolute atomic E-state index is 0.136. The highest BCUT2D eigenvalue weighted by atomic mass is 16.5. The summed E-state index contributed by atoms with van der Waals surface area (Å²) >= 11 is 0. The summed E-state index contributed by atoms with van der Waals surface area (Å²) in [7, 11) is 0. The molecule has 2 aliphatic rings. The van der Waals surface area contributed by atoms with Gasteiger partial charge in [0.05, 0.1) is 36.5 Å². The summed E-state index contributed by atoms with van der Waals surface area (Å²) in [5, 5.41) is 12.5. The number of nitrogens with one attached hydrogen (secondary N) is 1. The van der Waals surface area contributed by atoms with Crippen LogP contribution in [0.15, 0.2) is 42.9 Å². The number of nitrogens with zero attached hydrogens (tertiary/aromatic N) is 5. The molecule has 3 heterocycles. The fourth-order valence-electron chi connectivity index (χ4n) is 4.42. The minimum Gasteiger partial charge on any atom is -0.488 e. The Balaban J connectivity index is 1.27. The molecule has 2 aromatic heterocycles. The van der Waals surface area contributed by atoms with E-state index in [1.165, 1.54) is 0 Å². The van der Waals surface area contributed by atoms with E-state index in [9.17, 15) is 0 Å². The van der Waals surface area contributed by atoms with Crippen LogP contribution in [0.2, 0.25) is 0 Å². The van der Waals surface area contributed by atoms with Gasteiger partial charge in [-0.1, -0.05) is 0 Å². The highest BCUT2D eigenvalue weighted by Crippen LogP contribution is 2.33. The first kappa shape index (κ1) is 20.5. The van der Waals surface area contributed by atoms with E-state index in [1.54, 1.807) is 30.7 Å². The molecule has 1 aliphatic heterocycles. The number of rotatable bonds is 5. The van der Waals surface area contributed by atoms with Crippen LogP contribution in [0.5, 0.6) is 5.75 Å². The van der Waals surface area contributed by atoms with Crippen LogP contribution in [0.4, 0.5) is 11.5 Å². The third-order valence-electron chi connectivity index (χ3n) is 6.11. The predicted octanol–water partition coefficient (Wildman–Crippen LogP) is 3.54. The second-order valence-corrected chi connectivity index (χ2v) is 8.24. The topological polar surface area (TPSA) is 96.2 Å². The number of anilines is 2. The highest BCUT2D eigenvalue weighted by molar-refractivity contribution is 5.85. The molecule has 5 rings (SSSR count). The number of hydrogen-bond donors (Lipinski definition) is 1. The van der Waals surface area contributed by atoms with E-state index in [2.05, 4.69) is 43.4 Å². The molecule has 3 aromatic rings. The minimum atomic E-state index is 0.136. The number of morpholine rings is 1. The Morgan fingerprint density at radius 3 is 2.62 bits per heavy atom. The average molecular weight is 431 g/mol. The maximum absolute atomic E-state index is 9.08. The molecule has 2 fully saturated rings. The van der Waals surface area contributed by atoms with Crippen LogP contribution in [0.25, 0.3) is 11.0 Å². The Morgan fingerprint density at radius 2 is 1.81 bits per heavy atom. The quantitative estimate of drug-likeness (QED) is 0.657. The molecule has 0 bridgehead atoms. The molecule has 1 saturated heterocycles. The first-order valence-corrected chi connectivity index (χ1v) is 11.2. The molecule has 0 unspecified atom stereocenters. The van der Waals surface area contributed by atoms with Crippen LogP contribution in [-0.4, -0.2) is 53.4 Å². The van der Waals surface area contributed by atoms with Gasteiger partial charge in [0.1, 0.15) is 17.1 Å². The van der Waals surface area contributed by atoms with Crippen LogP contribution >= 0.6 is 0 Å². The lowest BCUT2D eigenvalue weighted by Gasteiger charge is -2.31. The third kappa shape index (κ3) is 4.58. The number of fused-ring (bicyclic) bond motifs is 1. The summed E-state index contributed by atoms with van der Waals surface area (Å²) in [5.41, 5.74) is 3.38. The monoisotopic (exact) mass is 430 g/mol. The molecule has 164 valence electrons. The fourth-order valence-corrected chi connectivity index (χ4v) is 4.42. The van der Waals surface area contributed by atoms with E-state index in [-0.39, 0.29) is 6.10 Å². The van der Waals surface area contributed by atoms with Crippen molar-refractivity contribution in [3.05, 3.63) is 48.4 Å². The molecule has 1 saturated carbocycles. The smallest absolute Gasteiger partial charge is 0.149 e. The Labute approximate surface area is 187 Å². The maximum Gasteiger partial charge on any atom is 0.149 e. The van der Waals surface area contributed by atoms with Crippen molar-refractivity contribution in [1.29, 1.82) is 5.26 Å². The van der Waals surface area contributed by atoms with Crippen LogP contribution in [-0.2, 0) is 4.74 Å². The van der Waals surface area contributed by atoms with E-state index >= 15 is 0 Å². The molecule has 8 heteroatoms. The summed E-state index contributed by atoms with van der Waals surface area (Å²) in [6.45, 7) is 3.20. The Hall–Kier alpha value is -3.44. The number of benzene rings is 1. The number of aromatic nitrogens is 3. The van der Waals surface area contributed by atoms with Crippen molar-refractivity contribution < 1.29 is 9.47 Å². The molecule has 1 aromatic carbocycles. The molecule has 8 nitrogen and oxygen atoms in total. The van der Waals surface area contributed by atoms with Crippen molar-refractivity contribution in [2.24, 2.45) is 0 Å². The van der Waals surface area contributed by atoms with E-state index in [1.807, 2.05) is 0 Å². The zero-order chi connectivity index (χ0) is 21.8. The lowest BCUT2D eigenvalue weighted by Crippen LogP contribution is -2.36. The van der Waals surface area contributed by atoms with Gasteiger partial charge in [0.25, 0.3) is 0 Å². The zero-order valence-electron chi connectivity index (χ0n) is 17.9. The van der Waals surface area contributed by atoms with Gasteiger partial charge in [-0.25, -0.2) is 9.97 Å². The highest BCUT2D eigenvalue weighted by Gasteiger charge is 2.24. The van der Waals surface area contributed by atoms with Crippen LogP contribution in [0.3, 0.4) is 0 Å². The average Bonchev–Trinajstić information content (AvgIpc) is 2.86. The lowest BCUT2D eigenvalue weighted by atomic mass is 9.93. The van der Waals surface area contributed by atoms with E-state index < -0.39 is 0 Å². The molecule has 1 aliphatic carbocycles. The number of pyridine rings is 1. The maximum atomic E-state index is 9.08. The van der Waals surface area contributed by atoms with Crippen molar-refractivity contribution >= 4 is 22.5 Å². The second-order valence-electron chi connectivity index (χ2n) is 8.24. The predicted molar refractivity (Wildman–Crippen MR) is 122 cm³/mol. The molecule has 1 N–H and O–H groups in total. The van der Waals surface area contributed by atoms with Gasteiger partial charge >= 0.3 is 0 Å². The molecular weight excluding hydrogens is 404 g/mol. The van der Waals surface area contributed by atoms with Gasteiger partial charge in [0.2, 0.25) is 0 Å². The summed E-state index contributed by atoms with van der Waals surface area (Å²) in [5.74, 6) is 1.56. The summed E-state index contributed by atoms with van der Waals surface area (Å²) in [6.07, 6.45) is 9.10.